The number of nitrogens with two attached hydrogens (primary N) is 1. The number of aliphatic hydroxyl groups excluding tert-OH is 1. The van der Waals surface area contributed by atoms with Gasteiger partial charge < -0.3 is 26.4 Å². The maximum atomic E-state index is 13.9. The number of carbonyl (C=O) groups excluding carboxylic acids is 3. The fourth-order valence-corrected chi connectivity index (χ4v) is 4.67. The molecule has 0 unspecified atom stereocenters. The molecule has 2 aromatic rings. The van der Waals surface area contributed by atoms with Gasteiger partial charge in [-0.25, -0.2) is 8.78 Å². The zero-order valence-electron chi connectivity index (χ0n) is 24.3. The van der Waals surface area contributed by atoms with Crippen LogP contribution in [0.4, 0.5) is 8.78 Å². The second-order valence-electron chi connectivity index (χ2n) is 10.4. The highest BCUT2D eigenvalue weighted by atomic mass is 19.1. The molecule has 226 valence electrons. The Hall–Kier alpha value is -3.37. The molecule has 0 aliphatic rings. The van der Waals surface area contributed by atoms with Crippen molar-refractivity contribution in [3.63, 3.8) is 0 Å². The Morgan fingerprint density at radius 2 is 1.59 bits per heavy atom. The van der Waals surface area contributed by atoms with Crippen molar-refractivity contribution in [2.75, 3.05) is 26.2 Å². The first kappa shape index (κ1) is 33.8. The number of benzene rings is 2. The summed E-state index contributed by atoms with van der Waals surface area (Å²) in [4.78, 5) is 40.4. The van der Waals surface area contributed by atoms with Crippen molar-refractivity contribution >= 4 is 17.7 Å². The van der Waals surface area contributed by atoms with E-state index in [0.717, 1.165) is 43.0 Å². The van der Waals surface area contributed by atoms with Gasteiger partial charge in [-0.15, -0.1) is 0 Å². The Morgan fingerprint density at radius 1 is 0.951 bits per heavy atom. The average molecular weight is 575 g/mol. The van der Waals surface area contributed by atoms with Gasteiger partial charge in [-0.05, 0) is 93.5 Å². The number of nitrogens with one attached hydrogen (secondary N) is 2. The maximum Gasteiger partial charge on any atom is 0.253 e. The van der Waals surface area contributed by atoms with Crippen molar-refractivity contribution in [3.05, 3.63) is 70.3 Å². The predicted molar refractivity (Wildman–Crippen MR) is 156 cm³/mol. The second-order valence-corrected chi connectivity index (χ2v) is 10.4. The fraction of sp³-hybridized carbons (Fsp3) is 0.516. The number of unbranched alkanes of at least 4 members (excludes halogenated alkanes) is 1. The lowest BCUT2D eigenvalue weighted by Crippen LogP contribution is -2.46. The molecule has 0 spiro atoms. The van der Waals surface area contributed by atoms with Crippen LogP contribution in [0.5, 0.6) is 0 Å². The Bertz CT molecular complexity index is 1130. The van der Waals surface area contributed by atoms with E-state index in [1.807, 2.05) is 13.8 Å². The summed E-state index contributed by atoms with van der Waals surface area (Å²) in [6.45, 7) is 7.63. The van der Waals surface area contributed by atoms with Crippen LogP contribution in [0.25, 0.3) is 0 Å². The van der Waals surface area contributed by atoms with E-state index in [4.69, 9.17) is 5.73 Å². The van der Waals surface area contributed by atoms with Crippen molar-refractivity contribution < 1.29 is 28.3 Å². The molecule has 0 radical (unpaired) electrons. The Kier molecular flexibility index (Phi) is 14.4. The van der Waals surface area contributed by atoms with E-state index in [1.165, 1.54) is 6.07 Å². The first-order valence-electron chi connectivity index (χ1n) is 14.4. The molecule has 0 fully saturated rings. The molecule has 0 saturated heterocycles. The zero-order chi connectivity index (χ0) is 30.4. The Balaban J connectivity index is 2.23. The molecular weight excluding hydrogens is 530 g/mol. The summed E-state index contributed by atoms with van der Waals surface area (Å²) in [7, 11) is 0. The van der Waals surface area contributed by atoms with Gasteiger partial charge in [0.15, 0.2) is 0 Å². The Labute approximate surface area is 241 Å². The minimum atomic E-state index is -1.13. The molecule has 0 aromatic heterocycles. The van der Waals surface area contributed by atoms with E-state index in [-0.39, 0.29) is 42.3 Å². The van der Waals surface area contributed by atoms with Gasteiger partial charge in [-0.2, -0.15) is 0 Å². The normalized spacial score (nSPS) is 12.5. The standard InChI is InChI=1S/C31H44F2N4O4/c1-4-12-37(13-5-2)31(41)24-15-21(3)14-23(19-24)30(40)36-27(18-22-16-25(32)20-26(33)17-22)28(38)9-11-35-29(39)8-6-7-10-34/h14-17,19-20,27-28,38H,4-13,18,34H2,1-3H3,(H,35,39)(H,36,40)/t27-,28-/m0/s1. The minimum absolute atomic E-state index is 0.0512. The van der Waals surface area contributed by atoms with E-state index in [1.54, 1.807) is 24.0 Å². The number of carbonyl (C=O) groups is 3. The van der Waals surface area contributed by atoms with Gasteiger partial charge in [-0.3, -0.25) is 14.4 Å². The maximum absolute atomic E-state index is 13.9. The van der Waals surface area contributed by atoms with Gasteiger partial charge in [0.2, 0.25) is 5.91 Å². The van der Waals surface area contributed by atoms with E-state index >= 15 is 0 Å². The minimum Gasteiger partial charge on any atom is -0.391 e. The zero-order valence-corrected chi connectivity index (χ0v) is 24.3. The number of hydrogen-bond acceptors (Lipinski definition) is 5. The second kappa shape index (κ2) is 17.4. The topological polar surface area (TPSA) is 125 Å². The van der Waals surface area contributed by atoms with Gasteiger partial charge in [0, 0.05) is 43.2 Å². The molecule has 0 bridgehead atoms. The molecule has 41 heavy (non-hydrogen) atoms. The van der Waals surface area contributed by atoms with Crippen molar-refractivity contribution in [2.45, 2.75) is 77.9 Å². The molecule has 0 heterocycles. The van der Waals surface area contributed by atoms with E-state index in [9.17, 15) is 28.3 Å². The fourth-order valence-electron chi connectivity index (χ4n) is 4.67. The van der Waals surface area contributed by atoms with E-state index in [2.05, 4.69) is 10.6 Å². The Morgan fingerprint density at radius 3 is 2.20 bits per heavy atom. The smallest absolute Gasteiger partial charge is 0.253 e. The van der Waals surface area contributed by atoms with Gasteiger partial charge in [0.25, 0.3) is 11.8 Å². The van der Waals surface area contributed by atoms with Crippen LogP contribution in [0.2, 0.25) is 0 Å². The van der Waals surface area contributed by atoms with Crippen LogP contribution >= 0.6 is 0 Å². The number of aliphatic hydroxyl groups is 1. The molecule has 10 heteroatoms. The number of hydrogen-bond donors (Lipinski definition) is 4. The summed E-state index contributed by atoms with van der Waals surface area (Å²) in [6.07, 6.45) is 2.23. The number of aryl methyl sites for hydroxylation is 1. The molecule has 2 rings (SSSR count). The molecule has 0 aliphatic carbocycles. The summed E-state index contributed by atoms with van der Waals surface area (Å²) < 4.78 is 27.8. The van der Waals surface area contributed by atoms with Crippen molar-refractivity contribution in [1.29, 1.82) is 0 Å². The third-order valence-electron chi connectivity index (χ3n) is 6.64. The number of amides is 3. The van der Waals surface area contributed by atoms with Crippen LogP contribution in [-0.4, -0.2) is 66.1 Å². The lowest BCUT2D eigenvalue weighted by atomic mass is 9.97. The number of nitrogens with zero attached hydrogens (tertiary/aromatic N) is 1. The summed E-state index contributed by atoms with van der Waals surface area (Å²) in [5, 5.41) is 16.5. The van der Waals surface area contributed by atoms with Gasteiger partial charge in [0.1, 0.15) is 11.6 Å². The number of rotatable bonds is 17. The van der Waals surface area contributed by atoms with E-state index < -0.39 is 29.7 Å². The third kappa shape index (κ3) is 11.6. The number of halogens is 2. The quantitative estimate of drug-likeness (QED) is 0.214. The largest absolute Gasteiger partial charge is 0.391 e. The molecule has 5 N–H and O–H groups in total. The first-order chi connectivity index (χ1) is 19.6. The van der Waals surface area contributed by atoms with Crippen LogP contribution in [0, 0.1) is 18.6 Å². The predicted octanol–water partition coefficient (Wildman–Crippen LogP) is 3.87. The SMILES string of the molecule is CCCN(CCC)C(=O)c1cc(C)cc(C(=O)N[C@@H](Cc2cc(F)cc(F)c2)[C@@H](O)CCNC(=O)CCCCN)c1. The summed E-state index contributed by atoms with van der Waals surface area (Å²) in [5.74, 6) is -2.41. The highest BCUT2D eigenvalue weighted by Crippen LogP contribution is 2.16. The van der Waals surface area contributed by atoms with Crippen LogP contribution in [0.1, 0.15) is 84.2 Å². The van der Waals surface area contributed by atoms with Crippen LogP contribution in [0.3, 0.4) is 0 Å². The lowest BCUT2D eigenvalue weighted by Gasteiger charge is -2.25. The van der Waals surface area contributed by atoms with Crippen LogP contribution in [0.15, 0.2) is 36.4 Å². The summed E-state index contributed by atoms with van der Waals surface area (Å²) in [6, 6.07) is 7.02. The van der Waals surface area contributed by atoms with E-state index in [0.29, 0.717) is 38.0 Å². The monoisotopic (exact) mass is 574 g/mol. The van der Waals surface area contributed by atoms with Crippen molar-refractivity contribution in [1.82, 2.24) is 15.5 Å². The van der Waals surface area contributed by atoms with Crippen LogP contribution < -0.4 is 16.4 Å². The summed E-state index contributed by atoms with van der Waals surface area (Å²) >= 11 is 0. The molecule has 2 atom stereocenters. The van der Waals surface area contributed by atoms with Crippen LogP contribution in [-0.2, 0) is 11.2 Å². The van der Waals surface area contributed by atoms with Gasteiger partial charge >= 0.3 is 0 Å². The molecule has 2 aromatic carbocycles. The third-order valence-corrected chi connectivity index (χ3v) is 6.64. The van der Waals surface area contributed by atoms with Crippen molar-refractivity contribution in [2.24, 2.45) is 5.73 Å². The first-order valence-corrected chi connectivity index (χ1v) is 14.4. The molecule has 3 amide bonds. The molecule has 8 nitrogen and oxygen atoms in total. The molecule has 0 aliphatic heterocycles. The van der Waals surface area contributed by atoms with Gasteiger partial charge in [0.05, 0.1) is 12.1 Å². The highest BCUT2D eigenvalue weighted by Gasteiger charge is 2.24. The average Bonchev–Trinajstić information content (AvgIpc) is 2.91. The van der Waals surface area contributed by atoms with Crippen molar-refractivity contribution in [3.8, 4) is 0 Å². The van der Waals surface area contributed by atoms with Gasteiger partial charge in [-0.1, -0.05) is 13.8 Å². The lowest BCUT2D eigenvalue weighted by molar-refractivity contribution is -0.121. The highest BCUT2D eigenvalue weighted by molar-refractivity contribution is 6.00. The summed E-state index contributed by atoms with van der Waals surface area (Å²) in [5.41, 5.74) is 7.05. The molecule has 0 saturated carbocycles. The molecular formula is C31H44F2N4O4.